The van der Waals surface area contributed by atoms with Gasteiger partial charge in [-0.2, -0.15) is 0 Å². The molecule has 0 radical (unpaired) electrons. The summed E-state index contributed by atoms with van der Waals surface area (Å²) in [6.07, 6.45) is 0. The minimum absolute atomic E-state index is 0. The third-order valence-corrected chi connectivity index (χ3v) is 0. The Bertz CT molecular complexity index is 7.51. The van der Waals surface area contributed by atoms with E-state index in [1.165, 1.54) is 0 Å². The van der Waals surface area contributed by atoms with Gasteiger partial charge >= 0.3 is 29.6 Å². The van der Waals surface area contributed by atoms with E-state index in [1.807, 2.05) is 0 Å². The van der Waals surface area contributed by atoms with Crippen LogP contribution in [0.3, 0.4) is 0 Å². The molecular formula is H9NaO4Os. The van der Waals surface area contributed by atoms with E-state index in [-0.39, 0.29) is 71.3 Å². The molecule has 0 rings (SSSR count). The van der Waals surface area contributed by atoms with Gasteiger partial charge < -0.3 is 21.9 Å². The molecule has 0 saturated heterocycles. The topological polar surface area (TPSA) is 126 Å². The fourth-order valence-electron chi connectivity index (χ4n) is 0. The summed E-state index contributed by atoms with van der Waals surface area (Å²) in [6, 6.07) is 0. The van der Waals surface area contributed by atoms with Crippen LogP contribution in [-0.4, -0.2) is 51.5 Å². The Hall–Kier alpha value is 1.48. The standard InChI is InChI=1S/Na.4H2O.Os.H/h;4*1H2;;. The van der Waals surface area contributed by atoms with Gasteiger partial charge in [-0.1, -0.05) is 0 Å². The molecule has 0 unspecified atom stereocenters. The summed E-state index contributed by atoms with van der Waals surface area (Å²) < 4.78 is 0. The van der Waals surface area contributed by atoms with Gasteiger partial charge in [0.1, 0.15) is 0 Å². The van der Waals surface area contributed by atoms with E-state index < -0.39 is 0 Å². The van der Waals surface area contributed by atoms with Gasteiger partial charge in [0.2, 0.25) is 0 Å². The van der Waals surface area contributed by atoms with Crippen molar-refractivity contribution in [2.75, 3.05) is 0 Å². The first-order valence-electron chi connectivity index (χ1n) is 0. The van der Waals surface area contributed by atoms with Crippen molar-refractivity contribution in [3.05, 3.63) is 0 Å². The van der Waals surface area contributed by atoms with E-state index in [4.69, 9.17) is 0 Å². The van der Waals surface area contributed by atoms with E-state index >= 15 is 0 Å². The van der Waals surface area contributed by atoms with Crippen LogP contribution in [0.2, 0.25) is 0 Å². The van der Waals surface area contributed by atoms with Crippen molar-refractivity contribution in [1.29, 1.82) is 0 Å². The second-order valence-corrected chi connectivity index (χ2v) is 0. The van der Waals surface area contributed by atoms with Crippen LogP contribution in [-0.2, 0) is 19.8 Å². The van der Waals surface area contributed by atoms with Gasteiger partial charge in [-0.25, -0.2) is 0 Å². The molecule has 0 aromatic carbocycles. The second-order valence-electron chi connectivity index (χ2n) is 0. The molecule has 6 heavy (non-hydrogen) atoms. The van der Waals surface area contributed by atoms with Crippen LogP contribution >= 0.6 is 0 Å². The summed E-state index contributed by atoms with van der Waals surface area (Å²) >= 11 is 0. The van der Waals surface area contributed by atoms with E-state index in [2.05, 4.69) is 0 Å². The molecule has 0 aromatic rings. The zero-order valence-electron chi connectivity index (χ0n) is 2.35. The molecule has 42 valence electrons. The molecule has 4 nitrogen and oxygen atoms in total. The predicted octanol–water partition coefficient (Wildman–Crippen LogP) is -3.95. The molecule has 0 heterocycles. The first-order valence-corrected chi connectivity index (χ1v) is 0. The van der Waals surface area contributed by atoms with E-state index in [9.17, 15) is 0 Å². The van der Waals surface area contributed by atoms with Crippen LogP contribution < -0.4 is 0 Å². The minimum atomic E-state index is 0. The first kappa shape index (κ1) is 144. The monoisotopic (exact) mass is 288 g/mol. The molecule has 0 spiro atoms. The molecule has 0 amide bonds. The molecule has 6 heteroatoms. The summed E-state index contributed by atoms with van der Waals surface area (Å²) in [5.41, 5.74) is 0. The Morgan fingerprint density at radius 2 is 0.500 bits per heavy atom. The van der Waals surface area contributed by atoms with Gasteiger partial charge in [0.05, 0.1) is 0 Å². The smallest absolute Gasteiger partial charge is 0 e. The van der Waals surface area contributed by atoms with Gasteiger partial charge in [-0.15, -0.1) is 0 Å². The van der Waals surface area contributed by atoms with E-state index in [0.717, 1.165) is 0 Å². The maximum atomic E-state index is 0. The molecule has 0 aliphatic carbocycles. The molecule has 0 saturated carbocycles. The van der Waals surface area contributed by atoms with Crippen molar-refractivity contribution in [3.63, 3.8) is 0 Å². The van der Waals surface area contributed by atoms with Crippen molar-refractivity contribution < 1.29 is 41.7 Å². The number of hydrogen-bond acceptors (Lipinski definition) is 0. The minimum Gasteiger partial charge on any atom is 0 e. The summed E-state index contributed by atoms with van der Waals surface area (Å²) in [5, 5.41) is 0. The van der Waals surface area contributed by atoms with Crippen molar-refractivity contribution in [1.82, 2.24) is 0 Å². The number of hydrogen-bond donors (Lipinski definition) is 0. The maximum Gasteiger partial charge on any atom is 0 e. The van der Waals surface area contributed by atoms with Gasteiger partial charge in [0.25, 0.3) is 0 Å². The first-order chi connectivity index (χ1) is 0. The molecular weight excluding hydrogens is 277 g/mol. The fraction of sp³-hybridized carbons (Fsp3) is 0. The van der Waals surface area contributed by atoms with E-state index in [1.54, 1.807) is 0 Å². The summed E-state index contributed by atoms with van der Waals surface area (Å²) in [4.78, 5) is 0. The summed E-state index contributed by atoms with van der Waals surface area (Å²) in [5.74, 6) is 0. The zero-order valence-corrected chi connectivity index (χ0v) is 4.89. The van der Waals surface area contributed by atoms with Gasteiger partial charge in [0.15, 0.2) is 0 Å². The van der Waals surface area contributed by atoms with Gasteiger partial charge in [0, 0.05) is 19.8 Å². The molecule has 0 aliphatic rings. The van der Waals surface area contributed by atoms with Crippen LogP contribution in [0.5, 0.6) is 0 Å². The fourth-order valence-corrected chi connectivity index (χ4v) is 0. The maximum absolute atomic E-state index is 0. The predicted molar refractivity (Wildman–Crippen MR) is 21.6 cm³/mol. The van der Waals surface area contributed by atoms with Crippen molar-refractivity contribution in [2.24, 2.45) is 0 Å². The average Bonchev–Trinajstić information content (AvgIpc) is 0. The molecule has 0 atom stereocenters. The van der Waals surface area contributed by atoms with Crippen LogP contribution in [0, 0.1) is 0 Å². The Kier molecular flexibility index (Phi) is 2140. The Balaban J connectivity index is 0. The molecule has 0 fully saturated rings. The largest absolute Gasteiger partial charge is 0 e. The molecule has 0 bridgehead atoms. The van der Waals surface area contributed by atoms with Crippen molar-refractivity contribution >= 4 is 29.6 Å². The SMILES string of the molecule is O.O.O.O.[NaH].[Os]. The third kappa shape index (κ3) is 50.3. The van der Waals surface area contributed by atoms with Crippen molar-refractivity contribution in [3.8, 4) is 0 Å². The molecule has 8 N–H and O–H groups in total. The molecule has 0 aromatic heterocycles. The number of rotatable bonds is 0. The van der Waals surface area contributed by atoms with Crippen LogP contribution in [0.25, 0.3) is 0 Å². The van der Waals surface area contributed by atoms with Gasteiger partial charge in [-0.3, -0.25) is 0 Å². The van der Waals surface area contributed by atoms with E-state index in [0.29, 0.717) is 0 Å². The van der Waals surface area contributed by atoms with Crippen LogP contribution in [0.15, 0.2) is 0 Å². The quantitative estimate of drug-likeness (QED) is 0.403. The van der Waals surface area contributed by atoms with Crippen molar-refractivity contribution in [2.45, 2.75) is 0 Å². The van der Waals surface area contributed by atoms with Crippen LogP contribution in [0.4, 0.5) is 0 Å². The second kappa shape index (κ2) is 89.1. The Morgan fingerprint density at radius 3 is 0.500 bits per heavy atom. The summed E-state index contributed by atoms with van der Waals surface area (Å²) in [7, 11) is 0. The summed E-state index contributed by atoms with van der Waals surface area (Å²) in [6.45, 7) is 0. The zero-order chi connectivity index (χ0) is 0. The normalized spacial score (nSPS) is 0. The van der Waals surface area contributed by atoms with Crippen LogP contribution in [0.1, 0.15) is 0 Å². The Labute approximate surface area is 70.9 Å². The molecule has 0 aliphatic heterocycles. The third-order valence-electron chi connectivity index (χ3n) is 0. The average molecular weight is 286 g/mol. The Morgan fingerprint density at radius 1 is 0.500 bits per heavy atom. The van der Waals surface area contributed by atoms with Gasteiger partial charge in [-0.05, 0) is 0 Å².